The van der Waals surface area contributed by atoms with E-state index in [1.807, 2.05) is 6.07 Å². The van der Waals surface area contributed by atoms with E-state index < -0.39 is 5.54 Å². The molecule has 2 aromatic carbocycles. The highest BCUT2D eigenvalue weighted by Gasteiger charge is 2.30. The molecule has 0 unspecified atom stereocenters. The maximum absolute atomic E-state index is 13.0. The van der Waals surface area contributed by atoms with Crippen LogP contribution in [0.5, 0.6) is 11.6 Å². The highest BCUT2D eigenvalue weighted by molar-refractivity contribution is 5.94. The van der Waals surface area contributed by atoms with Crippen LogP contribution in [0.1, 0.15) is 30.1 Å². The molecule has 4 rings (SSSR count). The number of nitrogens with zero attached hydrogens (tertiary/aromatic N) is 3. The van der Waals surface area contributed by atoms with E-state index in [-0.39, 0.29) is 17.6 Å². The highest BCUT2D eigenvalue weighted by Crippen LogP contribution is 2.25. The van der Waals surface area contributed by atoms with Gasteiger partial charge in [0.1, 0.15) is 17.1 Å². The standard InChI is InChI=1S/C23H19FN4O3/c1-23(2,27-21(29)15-6-4-3-5-7-15)22-26-20(28-31-22)16-8-13-19(25-14-16)30-18-11-9-17(24)10-12-18/h3-14H,1-2H3,(H,27,29). The van der Waals surface area contributed by atoms with Crippen molar-refractivity contribution < 1.29 is 18.4 Å². The summed E-state index contributed by atoms with van der Waals surface area (Å²) in [6.45, 7) is 3.56. The number of aromatic nitrogens is 3. The molecule has 0 aliphatic rings. The van der Waals surface area contributed by atoms with Gasteiger partial charge in [0.2, 0.25) is 11.7 Å². The minimum Gasteiger partial charge on any atom is -0.439 e. The van der Waals surface area contributed by atoms with Gasteiger partial charge in [-0.15, -0.1) is 0 Å². The van der Waals surface area contributed by atoms with E-state index in [0.717, 1.165) is 0 Å². The Hall–Kier alpha value is -4.07. The zero-order valence-electron chi connectivity index (χ0n) is 16.9. The molecule has 31 heavy (non-hydrogen) atoms. The summed E-state index contributed by atoms with van der Waals surface area (Å²) in [6.07, 6.45) is 1.54. The Morgan fingerprint density at radius 3 is 2.45 bits per heavy atom. The first-order valence-electron chi connectivity index (χ1n) is 9.52. The first-order valence-corrected chi connectivity index (χ1v) is 9.52. The summed E-state index contributed by atoms with van der Waals surface area (Å²) < 4.78 is 24.0. The van der Waals surface area contributed by atoms with E-state index in [1.165, 1.54) is 24.3 Å². The molecule has 0 radical (unpaired) electrons. The summed E-state index contributed by atoms with van der Waals surface area (Å²) >= 11 is 0. The summed E-state index contributed by atoms with van der Waals surface area (Å²) in [6, 6.07) is 17.9. The van der Waals surface area contributed by atoms with Crippen LogP contribution in [0.15, 0.2) is 77.4 Å². The number of halogens is 1. The smallest absolute Gasteiger partial charge is 0.252 e. The van der Waals surface area contributed by atoms with Crippen LogP contribution in [0.3, 0.4) is 0 Å². The zero-order valence-corrected chi connectivity index (χ0v) is 16.9. The molecular formula is C23H19FN4O3. The quantitative estimate of drug-likeness (QED) is 0.487. The van der Waals surface area contributed by atoms with Crippen molar-refractivity contribution in [2.24, 2.45) is 0 Å². The largest absolute Gasteiger partial charge is 0.439 e. The Morgan fingerprint density at radius 2 is 1.77 bits per heavy atom. The molecule has 156 valence electrons. The number of hydrogen-bond acceptors (Lipinski definition) is 6. The number of pyridine rings is 1. The molecule has 0 saturated carbocycles. The fourth-order valence-electron chi connectivity index (χ4n) is 2.79. The van der Waals surface area contributed by atoms with Crippen LogP contribution < -0.4 is 10.1 Å². The SMILES string of the molecule is CC(C)(NC(=O)c1ccccc1)c1nc(-c2ccc(Oc3ccc(F)cc3)nc2)no1. The van der Waals surface area contributed by atoms with Crippen molar-refractivity contribution in [1.82, 2.24) is 20.4 Å². The molecule has 0 aliphatic heterocycles. The molecule has 0 spiro atoms. The number of nitrogens with one attached hydrogen (secondary N) is 1. The second-order valence-electron chi connectivity index (χ2n) is 7.31. The molecule has 1 N–H and O–H groups in total. The van der Waals surface area contributed by atoms with E-state index in [4.69, 9.17) is 9.26 Å². The van der Waals surface area contributed by atoms with Gasteiger partial charge in [-0.2, -0.15) is 4.98 Å². The van der Waals surface area contributed by atoms with Gasteiger partial charge in [0.05, 0.1) is 0 Å². The van der Waals surface area contributed by atoms with Crippen LogP contribution >= 0.6 is 0 Å². The fraction of sp³-hybridized carbons (Fsp3) is 0.130. The number of hydrogen-bond donors (Lipinski definition) is 1. The third-order valence-corrected chi connectivity index (χ3v) is 4.45. The van der Waals surface area contributed by atoms with Crippen molar-refractivity contribution in [3.05, 3.63) is 90.2 Å². The predicted molar refractivity (Wildman–Crippen MR) is 111 cm³/mol. The number of amides is 1. The first-order chi connectivity index (χ1) is 14.9. The fourth-order valence-corrected chi connectivity index (χ4v) is 2.79. The van der Waals surface area contributed by atoms with Gasteiger partial charge in [0.15, 0.2) is 0 Å². The molecule has 0 aliphatic carbocycles. The van der Waals surface area contributed by atoms with Gasteiger partial charge in [-0.05, 0) is 56.3 Å². The van der Waals surface area contributed by atoms with Gasteiger partial charge in [0.25, 0.3) is 11.8 Å². The predicted octanol–water partition coefficient (Wildman–Crippen LogP) is 4.73. The second kappa shape index (κ2) is 8.35. The van der Waals surface area contributed by atoms with E-state index in [2.05, 4.69) is 20.4 Å². The Labute approximate surface area is 177 Å². The van der Waals surface area contributed by atoms with E-state index in [0.29, 0.717) is 28.6 Å². The maximum atomic E-state index is 13.0. The minimum absolute atomic E-state index is 0.241. The molecule has 0 fully saturated rings. The maximum Gasteiger partial charge on any atom is 0.252 e. The number of ether oxygens (including phenoxy) is 1. The first kappa shape index (κ1) is 20.2. The molecule has 2 aromatic heterocycles. The molecule has 2 heterocycles. The summed E-state index contributed by atoms with van der Waals surface area (Å²) in [5, 5.41) is 6.89. The molecule has 0 saturated heterocycles. The van der Waals surface area contributed by atoms with Crippen LogP contribution in [0.4, 0.5) is 4.39 Å². The molecule has 8 heteroatoms. The second-order valence-corrected chi connectivity index (χ2v) is 7.31. The lowest BCUT2D eigenvalue weighted by molar-refractivity contribution is 0.0894. The lowest BCUT2D eigenvalue weighted by atomic mass is 10.0. The van der Waals surface area contributed by atoms with E-state index in [1.54, 1.807) is 56.4 Å². The van der Waals surface area contributed by atoms with E-state index in [9.17, 15) is 9.18 Å². The van der Waals surface area contributed by atoms with Crippen LogP contribution in [0.25, 0.3) is 11.4 Å². The van der Waals surface area contributed by atoms with Gasteiger partial charge in [-0.1, -0.05) is 23.4 Å². The average Bonchev–Trinajstić information content (AvgIpc) is 3.28. The van der Waals surface area contributed by atoms with Gasteiger partial charge in [0, 0.05) is 23.4 Å². The Bertz CT molecular complexity index is 1170. The monoisotopic (exact) mass is 418 g/mol. The van der Waals surface area contributed by atoms with Crippen LogP contribution in [-0.2, 0) is 5.54 Å². The molecule has 0 atom stereocenters. The van der Waals surface area contributed by atoms with Crippen molar-refractivity contribution in [3.63, 3.8) is 0 Å². The van der Waals surface area contributed by atoms with Crippen LogP contribution in [0.2, 0.25) is 0 Å². The van der Waals surface area contributed by atoms with Crippen molar-refractivity contribution >= 4 is 5.91 Å². The zero-order chi connectivity index (χ0) is 21.8. The number of rotatable bonds is 6. The van der Waals surface area contributed by atoms with Gasteiger partial charge in [-0.25, -0.2) is 9.37 Å². The van der Waals surface area contributed by atoms with E-state index >= 15 is 0 Å². The lowest BCUT2D eigenvalue weighted by Crippen LogP contribution is -2.41. The van der Waals surface area contributed by atoms with Gasteiger partial charge in [-0.3, -0.25) is 4.79 Å². The summed E-state index contributed by atoms with van der Waals surface area (Å²) in [5.41, 5.74) is 0.278. The van der Waals surface area contributed by atoms with Crippen molar-refractivity contribution in [2.75, 3.05) is 0 Å². The molecule has 0 bridgehead atoms. The summed E-state index contributed by atoms with van der Waals surface area (Å²) in [4.78, 5) is 21.1. The van der Waals surface area contributed by atoms with Crippen molar-refractivity contribution in [2.45, 2.75) is 19.4 Å². The third-order valence-electron chi connectivity index (χ3n) is 4.45. The van der Waals surface area contributed by atoms with Crippen LogP contribution in [-0.4, -0.2) is 21.0 Å². The minimum atomic E-state index is -0.878. The number of benzene rings is 2. The summed E-state index contributed by atoms with van der Waals surface area (Å²) in [7, 11) is 0. The normalized spacial score (nSPS) is 11.2. The third kappa shape index (κ3) is 4.75. The highest BCUT2D eigenvalue weighted by atomic mass is 19.1. The Kier molecular flexibility index (Phi) is 5.44. The molecule has 1 amide bonds. The van der Waals surface area contributed by atoms with Crippen molar-refractivity contribution in [3.8, 4) is 23.0 Å². The topological polar surface area (TPSA) is 90.1 Å². The molecule has 4 aromatic rings. The van der Waals surface area contributed by atoms with Crippen LogP contribution in [0, 0.1) is 5.82 Å². The van der Waals surface area contributed by atoms with Gasteiger partial charge < -0.3 is 14.6 Å². The molecule has 7 nitrogen and oxygen atoms in total. The Balaban J connectivity index is 1.46. The molecular weight excluding hydrogens is 399 g/mol. The Morgan fingerprint density at radius 1 is 1.03 bits per heavy atom. The van der Waals surface area contributed by atoms with Crippen molar-refractivity contribution in [1.29, 1.82) is 0 Å². The lowest BCUT2D eigenvalue weighted by Gasteiger charge is -2.21. The number of carbonyl (C=O) groups excluding carboxylic acids is 1. The number of carbonyl (C=O) groups is 1. The summed E-state index contributed by atoms with van der Waals surface area (Å²) in [5.74, 6) is 0.825. The van der Waals surface area contributed by atoms with Gasteiger partial charge >= 0.3 is 0 Å². The average molecular weight is 418 g/mol.